The molecule has 3 rings (SSSR count). The van der Waals surface area contributed by atoms with Crippen molar-refractivity contribution in [3.05, 3.63) is 47.0 Å². The Balaban J connectivity index is 1.70. The van der Waals surface area contributed by atoms with Gasteiger partial charge in [-0.05, 0) is 25.3 Å². The monoisotopic (exact) mass is 376 g/mol. The lowest BCUT2D eigenvalue weighted by Gasteiger charge is -2.15. The van der Waals surface area contributed by atoms with E-state index in [1.165, 1.54) is 23.1 Å². The molecule has 0 saturated heterocycles. The van der Waals surface area contributed by atoms with Crippen molar-refractivity contribution in [2.24, 2.45) is 0 Å². The molecule has 2 aromatic rings. The van der Waals surface area contributed by atoms with E-state index in [1.54, 1.807) is 6.92 Å². The van der Waals surface area contributed by atoms with Gasteiger partial charge in [0, 0.05) is 11.4 Å². The van der Waals surface area contributed by atoms with Crippen LogP contribution in [0.4, 0.5) is 0 Å². The standard InChI is InChI=1S/C18H20N2O3S2/c1-2-23-15(21)10-14-11-24-18(20-14)25-16(12-6-4-3-5-7-12)17(22)19-13-8-9-13/h3-7,11,13,16H,2,8-10H2,1H3,(H,19,22). The Morgan fingerprint density at radius 2 is 2.12 bits per heavy atom. The average Bonchev–Trinajstić information content (AvgIpc) is 3.31. The fourth-order valence-electron chi connectivity index (χ4n) is 2.29. The highest BCUT2D eigenvalue weighted by Gasteiger charge is 2.29. The molecule has 25 heavy (non-hydrogen) atoms. The maximum Gasteiger partial charge on any atom is 0.311 e. The number of thiazole rings is 1. The van der Waals surface area contributed by atoms with Gasteiger partial charge in [-0.15, -0.1) is 11.3 Å². The van der Waals surface area contributed by atoms with Crippen molar-refractivity contribution < 1.29 is 14.3 Å². The van der Waals surface area contributed by atoms with E-state index in [0.717, 1.165) is 22.7 Å². The van der Waals surface area contributed by atoms with Crippen molar-refractivity contribution in [3.8, 4) is 0 Å². The van der Waals surface area contributed by atoms with Crippen LogP contribution >= 0.6 is 23.1 Å². The lowest BCUT2D eigenvalue weighted by atomic mass is 10.1. The zero-order valence-electron chi connectivity index (χ0n) is 13.9. The number of carbonyl (C=O) groups is 2. The molecule has 1 heterocycles. The highest BCUT2D eigenvalue weighted by Crippen LogP contribution is 2.38. The zero-order chi connectivity index (χ0) is 17.6. The number of hydrogen-bond acceptors (Lipinski definition) is 6. The third kappa shape index (κ3) is 5.31. The summed E-state index contributed by atoms with van der Waals surface area (Å²) in [5.41, 5.74) is 1.63. The molecular weight excluding hydrogens is 356 g/mol. The summed E-state index contributed by atoms with van der Waals surface area (Å²) in [6, 6.07) is 10.0. The molecule has 1 fully saturated rings. The van der Waals surface area contributed by atoms with Gasteiger partial charge in [-0.2, -0.15) is 0 Å². The third-order valence-electron chi connectivity index (χ3n) is 3.64. The molecule has 5 nitrogen and oxygen atoms in total. The summed E-state index contributed by atoms with van der Waals surface area (Å²) in [4.78, 5) is 28.7. The molecule has 1 amide bonds. The van der Waals surface area contributed by atoms with Crippen molar-refractivity contribution in [3.63, 3.8) is 0 Å². The van der Waals surface area contributed by atoms with E-state index in [1.807, 2.05) is 35.7 Å². The van der Waals surface area contributed by atoms with Gasteiger partial charge >= 0.3 is 5.97 Å². The Labute approximate surface area is 155 Å². The first-order valence-corrected chi connectivity index (χ1v) is 10.0. The minimum atomic E-state index is -0.344. The summed E-state index contributed by atoms with van der Waals surface area (Å²) in [7, 11) is 0. The van der Waals surface area contributed by atoms with Gasteiger partial charge in [0.05, 0.1) is 18.7 Å². The van der Waals surface area contributed by atoms with Crippen LogP contribution in [0.3, 0.4) is 0 Å². The number of benzene rings is 1. The van der Waals surface area contributed by atoms with Gasteiger partial charge in [0.25, 0.3) is 0 Å². The molecule has 0 bridgehead atoms. The quantitative estimate of drug-likeness (QED) is 0.565. The summed E-state index contributed by atoms with van der Waals surface area (Å²) in [6.07, 6.45) is 2.27. The maximum absolute atomic E-state index is 12.6. The molecule has 1 aromatic heterocycles. The van der Waals surface area contributed by atoms with Crippen LogP contribution in [0.2, 0.25) is 0 Å². The van der Waals surface area contributed by atoms with Gasteiger partial charge in [-0.3, -0.25) is 9.59 Å². The van der Waals surface area contributed by atoms with Crippen LogP contribution in [0.5, 0.6) is 0 Å². The molecule has 1 aliphatic rings. The van der Waals surface area contributed by atoms with E-state index in [2.05, 4.69) is 10.3 Å². The third-order valence-corrected chi connectivity index (χ3v) is 5.92. The van der Waals surface area contributed by atoms with Gasteiger partial charge < -0.3 is 10.1 Å². The second-order valence-electron chi connectivity index (χ2n) is 5.78. The first kappa shape index (κ1) is 17.9. The SMILES string of the molecule is CCOC(=O)Cc1csc(SC(C(=O)NC2CC2)c2ccccc2)n1. The van der Waals surface area contributed by atoms with Crippen molar-refractivity contribution in [1.82, 2.24) is 10.3 Å². The Bertz CT molecular complexity index is 729. The number of amides is 1. The van der Waals surface area contributed by atoms with Crippen LogP contribution in [0.1, 0.15) is 36.3 Å². The number of aromatic nitrogens is 1. The number of hydrogen-bond donors (Lipinski definition) is 1. The van der Waals surface area contributed by atoms with Crippen LogP contribution < -0.4 is 5.32 Å². The average molecular weight is 377 g/mol. The maximum atomic E-state index is 12.6. The summed E-state index contributed by atoms with van der Waals surface area (Å²) < 4.78 is 5.73. The number of nitrogens with zero attached hydrogens (tertiary/aromatic N) is 1. The number of esters is 1. The highest BCUT2D eigenvalue weighted by atomic mass is 32.2. The molecule has 1 saturated carbocycles. The Kier molecular flexibility index (Phi) is 6.09. The second-order valence-corrected chi connectivity index (χ2v) is 7.99. The first-order valence-electron chi connectivity index (χ1n) is 8.27. The molecule has 1 unspecified atom stereocenters. The first-order chi connectivity index (χ1) is 12.2. The summed E-state index contributed by atoms with van der Waals surface area (Å²) >= 11 is 2.87. The number of thioether (sulfide) groups is 1. The van der Waals surface area contributed by atoms with Crippen molar-refractivity contribution in [2.75, 3.05) is 6.61 Å². The van der Waals surface area contributed by atoms with Gasteiger partial charge in [0.2, 0.25) is 5.91 Å². The lowest BCUT2D eigenvalue weighted by molar-refractivity contribution is -0.142. The van der Waals surface area contributed by atoms with Crippen LogP contribution in [0.25, 0.3) is 0 Å². The fraction of sp³-hybridized carbons (Fsp3) is 0.389. The number of rotatable bonds is 8. The molecular formula is C18H20N2O3S2. The minimum absolute atomic E-state index is 0.0147. The normalized spacial score (nSPS) is 14.8. The molecule has 1 aromatic carbocycles. The largest absolute Gasteiger partial charge is 0.466 e. The Morgan fingerprint density at radius 3 is 2.80 bits per heavy atom. The summed E-state index contributed by atoms with van der Waals surface area (Å²) in [5.74, 6) is -0.267. The summed E-state index contributed by atoms with van der Waals surface area (Å²) in [5, 5.41) is 4.57. The van der Waals surface area contributed by atoms with Gasteiger partial charge in [0.1, 0.15) is 5.25 Å². The summed E-state index contributed by atoms with van der Waals surface area (Å²) in [6.45, 7) is 2.14. The predicted octanol–water partition coefficient (Wildman–Crippen LogP) is 3.36. The minimum Gasteiger partial charge on any atom is -0.466 e. The smallest absolute Gasteiger partial charge is 0.311 e. The molecule has 7 heteroatoms. The molecule has 0 spiro atoms. The van der Waals surface area contributed by atoms with E-state index < -0.39 is 0 Å². The van der Waals surface area contributed by atoms with Crippen LogP contribution in [-0.2, 0) is 20.7 Å². The molecule has 0 aliphatic heterocycles. The van der Waals surface area contributed by atoms with E-state index in [4.69, 9.17) is 4.74 Å². The van der Waals surface area contributed by atoms with Gasteiger partial charge in [-0.1, -0.05) is 42.1 Å². The molecule has 1 N–H and O–H groups in total. The van der Waals surface area contributed by atoms with E-state index in [-0.39, 0.29) is 23.5 Å². The molecule has 1 aliphatic carbocycles. The van der Waals surface area contributed by atoms with E-state index >= 15 is 0 Å². The Hall–Kier alpha value is -1.86. The van der Waals surface area contributed by atoms with Crippen LogP contribution in [-0.4, -0.2) is 29.5 Å². The number of ether oxygens (including phenoxy) is 1. The van der Waals surface area contributed by atoms with Crippen molar-refractivity contribution in [2.45, 2.75) is 41.8 Å². The van der Waals surface area contributed by atoms with Crippen LogP contribution in [0.15, 0.2) is 40.1 Å². The van der Waals surface area contributed by atoms with Crippen LogP contribution in [0, 0.1) is 0 Å². The number of nitrogens with one attached hydrogen (secondary N) is 1. The van der Waals surface area contributed by atoms with Crippen molar-refractivity contribution in [1.29, 1.82) is 0 Å². The van der Waals surface area contributed by atoms with Gasteiger partial charge in [-0.25, -0.2) is 4.98 Å². The topological polar surface area (TPSA) is 68.3 Å². The Morgan fingerprint density at radius 1 is 1.36 bits per heavy atom. The molecule has 0 radical (unpaired) electrons. The zero-order valence-corrected chi connectivity index (χ0v) is 15.6. The van der Waals surface area contributed by atoms with Crippen molar-refractivity contribution >= 4 is 35.0 Å². The molecule has 1 atom stereocenters. The highest BCUT2D eigenvalue weighted by molar-refractivity contribution is 8.01. The molecule has 132 valence electrons. The predicted molar refractivity (Wildman–Crippen MR) is 98.7 cm³/mol. The van der Waals surface area contributed by atoms with E-state index in [9.17, 15) is 9.59 Å². The lowest BCUT2D eigenvalue weighted by Crippen LogP contribution is -2.29. The van der Waals surface area contributed by atoms with Gasteiger partial charge in [0.15, 0.2) is 4.34 Å². The second kappa shape index (κ2) is 8.49. The van der Waals surface area contributed by atoms with E-state index in [0.29, 0.717) is 18.3 Å². The number of carbonyl (C=O) groups excluding carboxylic acids is 2. The fourth-order valence-corrected chi connectivity index (χ4v) is 4.33.